The minimum atomic E-state index is -0.339. The average Bonchev–Trinajstić information content (AvgIpc) is 3.54. The fraction of sp³-hybridized carbons (Fsp3) is 0.0741. The molecule has 0 spiro atoms. The summed E-state index contributed by atoms with van der Waals surface area (Å²) in [7, 11) is 0. The third-order valence-electron chi connectivity index (χ3n) is 5.41. The van der Waals surface area contributed by atoms with Crippen LogP contribution in [0.4, 0.5) is 0 Å². The molecule has 5 rings (SSSR count). The first-order valence-electron chi connectivity index (χ1n) is 10.7. The van der Waals surface area contributed by atoms with Gasteiger partial charge in [0, 0.05) is 6.54 Å². The Labute approximate surface area is 191 Å². The number of hydrogen-bond donors (Lipinski definition) is 1. The lowest BCUT2D eigenvalue weighted by atomic mass is 10.00. The van der Waals surface area contributed by atoms with Gasteiger partial charge >= 0.3 is 0 Å². The first-order valence-corrected chi connectivity index (χ1v) is 10.7. The maximum absolute atomic E-state index is 13.0. The zero-order valence-electron chi connectivity index (χ0n) is 18.1. The van der Waals surface area contributed by atoms with Crippen molar-refractivity contribution in [3.63, 3.8) is 0 Å². The summed E-state index contributed by atoms with van der Waals surface area (Å²) in [5, 5.41) is 7.48. The highest BCUT2D eigenvalue weighted by Crippen LogP contribution is 2.24. The molecule has 1 N–H and O–H groups in total. The number of hydrogen-bond acceptors (Lipinski definition) is 4. The fourth-order valence-corrected chi connectivity index (χ4v) is 3.68. The van der Waals surface area contributed by atoms with Gasteiger partial charge in [0.15, 0.2) is 5.82 Å². The Hall–Kier alpha value is -4.45. The molecule has 162 valence electrons. The van der Waals surface area contributed by atoms with Crippen LogP contribution in [0.5, 0.6) is 0 Å². The van der Waals surface area contributed by atoms with Crippen LogP contribution < -0.4 is 5.32 Å². The predicted octanol–water partition coefficient (Wildman–Crippen LogP) is 5.43. The van der Waals surface area contributed by atoms with Crippen molar-refractivity contribution >= 4 is 5.91 Å². The molecular weight excluding hydrogens is 412 g/mol. The van der Waals surface area contributed by atoms with E-state index in [1.54, 1.807) is 23.3 Å². The van der Waals surface area contributed by atoms with E-state index < -0.39 is 0 Å². The fourth-order valence-electron chi connectivity index (χ4n) is 3.68. The van der Waals surface area contributed by atoms with Gasteiger partial charge in [-0.1, -0.05) is 72.3 Å². The van der Waals surface area contributed by atoms with Crippen molar-refractivity contribution < 1.29 is 9.21 Å². The quantitative estimate of drug-likeness (QED) is 0.387. The zero-order chi connectivity index (χ0) is 22.6. The first kappa shape index (κ1) is 20.5. The van der Waals surface area contributed by atoms with Crippen molar-refractivity contribution in [1.82, 2.24) is 20.1 Å². The van der Waals surface area contributed by atoms with Crippen LogP contribution >= 0.6 is 0 Å². The van der Waals surface area contributed by atoms with Gasteiger partial charge < -0.3 is 9.73 Å². The van der Waals surface area contributed by atoms with Crippen LogP contribution in [-0.2, 0) is 6.54 Å². The van der Waals surface area contributed by atoms with Crippen LogP contribution in [-0.4, -0.2) is 20.7 Å². The van der Waals surface area contributed by atoms with Gasteiger partial charge in [0.1, 0.15) is 6.26 Å². The van der Waals surface area contributed by atoms with Gasteiger partial charge in [-0.25, -0.2) is 9.67 Å². The van der Waals surface area contributed by atoms with Gasteiger partial charge in [-0.05, 0) is 41.8 Å². The lowest BCUT2D eigenvalue weighted by molar-refractivity contribution is 0.0940. The van der Waals surface area contributed by atoms with E-state index >= 15 is 0 Å². The van der Waals surface area contributed by atoms with Crippen molar-refractivity contribution in [3.8, 4) is 28.2 Å². The molecule has 6 nitrogen and oxygen atoms in total. The van der Waals surface area contributed by atoms with Crippen LogP contribution in [0.3, 0.4) is 0 Å². The predicted molar refractivity (Wildman–Crippen MR) is 127 cm³/mol. The molecule has 3 aromatic carbocycles. The molecule has 0 aliphatic rings. The molecule has 0 fully saturated rings. The molecule has 33 heavy (non-hydrogen) atoms. The number of amides is 1. The van der Waals surface area contributed by atoms with Gasteiger partial charge in [-0.3, -0.25) is 4.79 Å². The largest absolute Gasteiger partial charge is 0.472 e. The third kappa shape index (κ3) is 4.32. The minimum Gasteiger partial charge on any atom is -0.472 e. The Morgan fingerprint density at radius 1 is 0.909 bits per heavy atom. The second kappa shape index (κ2) is 8.96. The summed E-state index contributed by atoms with van der Waals surface area (Å²) in [5.74, 6) is 0.305. The summed E-state index contributed by atoms with van der Waals surface area (Å²) in [4.78, 5) is 17.5. The average molecular weight is 434 g/mol. The van der Waals surface area contributed by atoms with Crippen molar-refractivity contribution in [1.29, 1.82) is 0 Å². The van der Waals surface area contributed by atoms with Crippen molar-refractivity contribution in [2.24, 2.45) is 0 Å². The molecule has 0 atom stereocenters. The molecule has 0 aliphatic heterocycles. The summed E-state index contributed by atoms with van der Waals surface area (Å²) in [5.41, 5.74) is 5.90. The van der Waals surface area contributed by atoms with Gasteiger partial charge in [-0.2, -0.15) is 0 Å². The van der Waals surface area contributed by atoms with Crippen molar-refractivity contribution in [2.75, 3.05) is 0 Å². The number of aryl methyl sites for hydroxylation is 1. The molecule has 5 aromatic rings. The maximum Gasteiger partial charge on any atom is 0.291 e. The second-order valence-corrected chi connectivity index (χ2v) is 7.72. The smallest absolute Gasteiger partial charge is 0.291 e. The molecular formula is C27H22N4O2. The van der Waals surface area contributed by atoms with Gasteiger partial charge in [0.05, 0.1) is 17.5 Å². The standard InChI is InChI=1S/C27H22N4O2/c1-19-11-13-23(14-12-19)31-26(22-15-16-33-18-22)29-25(30-31)27(32)28-17-21-9-5-6-10-24(21)20-7-3-2-4-8-20/h2-16,18H,17H2,1H3,(H,28,32). The molecule has 6 heteroatoms. The Bertz CT molecular complexity index is 1370. The summed E-state index contributed by atoms with van der Waals surface area (Å²) in [6.45, 7) is 2.39. The Balaban J connectivity index is 1.42. The van der Waals surface area contributed by atoms with Crippen molar-refractivity contribution in [3.05, 3.63) is 114 Å². The first-order chi connectivity index (χ1) is 16.2. The van der Waals surface area contributed by atoms with E-state index in [0.29, 0.717) is 12.4 Å². The van der Waals surface area contributed by atoms with E-state index in [-0.39, 0.29) is 11.7 Å². The van der Waals surface area contributed by atoms with Gasteiger partial charge in [0.25, 0.3) is 5.91 Å². The Morgan fingerprint density at radius 3 is 2.42 bits per heavy atom. The highest BCUT2D eigenvalue weighted by atomic mass is 16.3. The minimum absolute atomic E-state index is 0.101. The maximum atomic E-state index is 13.0. The molecule has 0 unspecified atom stereocenters. The zero-order valence-corrected chi connectivity index (χ0v) is 18.1. The Morgan fingerprint density at radius 2 is 1.67 bits per heavy atom. The normalized spacial score (nSPS) is 10.8. The highest BCUT2D eigenvalue weighted by molar-refractivity contribution is 5.91. The van der Waals surface area contributed by atoms with Gasteiger partial charge in [-0.15, -0.1) is 5.10 Å². The van der Waals surface area contributed by atoms with E-state index in [1.165, 1.54) is 0 Å². The molecule has 0 bridgehead atoms. The monoisotopic (exact) mass is 434 g/mol. The Kier molecular flexibility index (Phi) is 5.55. The molecule has 1 amide bonds. The van der Waals surface area contributed by atoms with Crippen LogP contribution in [0, 0.1) is 6.92 Å². The van der Waals surface area contributed by atoms with Gasteiger partial charge in [0.2, 0.25) is 5.82 Å². The highest BCUT2D eigenvalue weighted by Gasteiger charge is 2.19. The topological polar surface area (TPSA) is 73.0 Å². The number of aromatic nitrogens is 3. The van der Waals surface area contributed by atoms with E-state index in [0.717, 1.165) is 33.5 Å². The summed E-state index contributed by atoms with van der Waals surface area (Å²) < 4.78 is 6.89. The van der Waals surface area contributed by atoms with Crippen LogP contribution in [0.1, 0.15) is 21.7 Å². The number of nitrogens with zero attached hydrogens (tertiary/aromatic N) is 3. The number of furan rings is 1. The number of carbonyl (C=O) groups excluding carboxylic acids is 1. The van der Waals surface area contributed by atoms with Crippen LogP contribution in [0.2, 0.25) is 0 Å². The lowest BCUT2D eigenvalue weighted by Crippen LogP contribution is -2.24. The summed E-state index contributed by atoms with van der Waals surface area (Å²) >= 11 is 0. The van der Waals surface area contributed by atoms with Crippen LogP contribution in [0.25, 0.3) is 28.2 Å². The second-order valence-electron chi connectivity index (χ2n) is 7.72. The third-order valence-corrected chi connectivity index (χ3v) is 5.41. The molecule has 0 saturated heterocycles. The van der Waals surface area contributed by atoms with Crippen molar-refractivity contribution in [2.45, 2.75) is 13.5 Å². The summed E-state index contributed by atoms with van der Waals surface area (Å²) in [6.07, 6.45) is 3.16. The number of benzene rings is 3. The van der Waals surface area contributed by atoms with E-state index in [1.807, 2.05) is 67.6 Å². The molecule has 0 radical (unpaired) electrons. The van der Waals surface area contributed by atoms with E-state index in [9.17, 15) is 4.79 Å². The van der Waals surface area contributed by atoms with Crippen LogP contribution in [0.15, 0.2) is 102 Å². The molecule has 2 heterocycles. The molecule has 0 saturated carbocycles. The number of rotatable bonds is 6. The number of carbonyl (C=O) groups is 1. The molecule has 2 aromatic heterocycles. The SMILES string of the molecule is Cc1ccc(-n2nc(C(=O)NCc3ccccc3-c3ccccc3)nc2-c2ccoc2)cc1. The summed E-state index contributed by atoms with van der Waals surface area (Å²) in [6, 6.07) is 27.8. The lowest BCUT2D eigenvalue weighted by Gasteiger charge is -2.10. The van der Waals surface area contributed by atoms with E-state index in [2.05, 4.69) is 33.6 Å². The number of nitrogens with one attached hydrogen (secondary N) is 1. The van der Waals surface area contributed by atoms with E-state index in [4.69, 9.17) is 4.42 Å². The molecule has 0 aliphatic carbocycles.